The normalized spacial score (nSPS) is 12.6. The van der Waals surface area contributed by atoms with Crippen LogP contribution in [0.2, 0.25) is 0 Å². The summed E-state index contributed by atoms with van der Waals surface area (Å²) >= 11 is 0. The lowest BCUT2D eigenvalue weighted by Crippen LogP contribution is -2.29. The highest BCUT2D eigenvalue weighted by atomic mass is 16.4. The number of rotatable bonds is 7. The van der Waals surface area contributed by atoms with Gasteiger partial charge in [-0.1, -0.05) is 31.5 Å². The van der Waals surface area contributed by atoms with Gasteiger partial charge in [0.1, 0.15) is 0 Å². The van der Waals surface area contributed by atoms with Crippen molar-refractivity contribution in [2.45, 2.75) is 45.7 Å². The van der Waals surface area contributed by atoms with E-state index in [9.17, 15) is 14.7 Å². The Kier molecular flexibility index (Phi) is 5.01. The molecule has 0 aliphatic carbocycles. The molecule has 0 bridgehead atoms. The van der Waals surface area contributed by atoms with Gasteiger partial charge in [-0.05, 0) is 48.7 Å². The van der Waals surface area contributed by atoms with Crippen LogP contribution in [-0.4, -0.2) is 25.2 Å². The summed E-state index contributed by atoms with van der Waals surface area (Å²) in [5, 5.41) is 10.5. The third-order valence-electron chi connectivity index (χ3n) is 5.49. The minimum Gasteiger partial charge on any atom is -0.481 e. The molecule has 1 unspecified atom stereocenters. The first-order chi connectivity index (χ1) is 14.0. The SMILES string of the molecule is CCCC(CC(=O)O)n1c(=O)n(Cc2cc(C)cc3[nH]ccc23)c2ccccc21. The smallest absolute Gasteiger partial charge is 0.329 e. The first-order valence-electron chi connectivity index (χ1n) is 9.97. The molecule has 2 N–H and O–H groups in total. The van der Waals surface area contributed by atoms with Crippen molar-refractivity contribution in [1.82, 2.24) is 14.1 Å². The summed E-state index contributed by atoms with van der Waals surface area (Å²) < 4.78 is 3.44. The largest absolute Gasteiger partial charge is 0.481 e. The van der Waals surface area contributed by atoms with Crippen molar-refractivity contribution in [1.29, 1.82) is 0 Å². The summed E-state index contributed by atoms with van der Waals surface area (Å²) in [6.07, 6.45) is 3.30. The average Bonchev–Trinajstić information content (AvgIpc) is 3.24. The summed E-state index contributed by atoms with van der Waals surface area (Å²) in [4.78, 5) is 28.1. The summed E-state index contributed by atoms with van der Waals surface area (Å²) in [7, 11) is 0. The van der Waals surface area contributed by atoms with Crippen LogP contribution < -0.4 is 5.69 Å². The molecule has 0 aliphatic rings. The summed E-state index contributed by atoms with van der Waals surface area (Å²) in [6, 6.07) is 13.5. The molecule has 150 valence electrons. The van der Waals surface area contributed by atoms with Gasteiger partial charge in [-0.15, -0.1) is 0 Å². The lowest BCUT2D eigenvalue weighted by atomic mass is 10.1. The van der Waals surface area contributed by atoms with Crippen molar-refractivity contribution < 1.29 is 9.90 Å². The third kappa shape index (κ3) is 3.46. The fraction of sp³-hybridized carbons (Fsp3) is 0.304. The Morgan fingerprint density at radius 2 is 1.93 bits per heavy atom. The second kappa shape index (κ2) is 7.62. The Labute approximate surface area is 168 Å². The molecule has 2 aromatic heterocycles. The molecule has 0 saturated carbocycles. The Balaban J connectivity index is 1.89. The monoisotopic (exact) mass is 391 g/mol. The van der Waals surface area contributed by atoms with Crippen molar-refractivity contribution in [2.75, 3.05) is 0 Å². The second-order valence-electron chi connectivity index (χ2n) is 7.63. The quantitative estimate of drug-likeness (QED) is 0.488. The van der Waals surface area contributed by atoms with Gasteiger partial charge in [0.25, 0.3) is 0 Å². The van der Waals surface area contributed by atoms with E-state index in [0.717, 1.165) is 39.5 Å². The van der Waals surface area contributed by atoms with Crippen molar-refractivity contribution in [2.24, 2.45) is 0 Å². The zero-order chi connectivity index (χ0) is 20.5. The number of nitrogens with zero attached hydrogens (tertiary/aromatic N) is 2. The standard InChI is InChI=1S/C23H25N3O3/c1-3-6-17(13-22(27)28)26-21-8-5-4-7-20(21)25(23(26)29)14-16-11-15(2)12-19-18(16)9-10-24-19/h4-5,7-12,17,24H,3,6,13-14H2,1-2H3,(H,27,28). The Bertz CT molecular complexity index is 1250. The van der Waals surface area contributed by atoms with Crippen LogP contribution in [0.25, 0.3) is 21.9 Å². The molecule has 4 aromatic rings. The minimum absolute atomic E-state index is 0.0613. The van der Waals surface area contributed by atoms with Gasteiger partial charge in [0.15, 0.2) is 0 Å². The van der Waals surface area contributed by atoms with E-state index < -0.39 is 5.97 Å². The number of hydrogen-bond acceptors (Lipinski definition) is 2. The zero-order valence-corrected chi connectivity index (χ0v) is 16.7. The van der Waals surface area contributed by atoms with Gasteiger partial charge in [-0.3, -0.25) is 13.9 Å². The van der Waals surface area contributed by atoms with Crippen LogP contribution in [0.5, 0.6) is 0 Å². The Hall–Kier alpha value is -3.28. The molecule has 2 aromatic carbocycles. The first kappa shape index (κ1) is 19.1. The van der Waals surface area contributed by atoms with Crippen molar-refractivity contribution in [3.05, 3.63) is 70.3 Å². The van der Waals surface area contributed by atoms with Crippen molar-refractivity contribution >= 4 is 27.9 Å². The molecular weight excluding hydrogens is 366 g/mol. The number of carbonyl (C=O) groups is 1. The van der Waals surface area contributed by atoms with E-state index in [0.29, 0.717) is 13.0 Å². The van der Waals surface area contributed by atoms with Gasteiger partial charge >= 0.3 is 11.7 Å². The number of aromatic amines is 1. The first-order valence-corrected chi connectivity index (χ1v) is 9.97. The van der Waals surface area contributed by atoms with Crippen LogP contribution in [0.4, 0.5) is 0 Å². The molecule has 0 spiro atoms. The fourth-order valence-corrected chi connectivity index (χ4v) is 4.30. The fourth-order valence-electron chi connectivity index (χ4n) is 4.30. The summed E-state index contributed by atoms with van der Waals surface area (Å²) in [5.74, 6) is -0.889. The van der Waals surface area contributed by atoms with E-state index >= 15 is 0 Å². The number of para-hydroxylation sites is 2. The molecule has 0 aliphatic heterocycles. The maximum absolute atomic E-state index is 13.5. The molecule has 4 rings (SSSR count). The maximum atomic E-state index is 13.5. The molecule has 0 fully saturated rings. The Morgan fingerprint density at radius 1 is 1.17 bits per heavy atom. The Morgan fingerprint density at radius 3 is 2.66 bits per heavy atom. The molecule has 6 heteroatoms. The zero-order valence-electron chi connectivity index (χ0n) is 16.7. The highest BCUT2D eigenvalue weighted by Crippen LogP contribution is 2.26. The summed E-state index contributed by atoms with van der Waals surface area (Å²) in [5.41, 5.74) is 4.70. The van der Waals surface area contributed by atoms with Crippen LogP contribution >= 0.6 is 0 Å². The number of nitrogens with one attached hydrogen (secondary N) is 1. The van der Waals surface area contributed by atoms with Crippen LogP contribution in [0.1, 0.15) is 43.4 Å². The number of carboxylic acids is 1. The van der Waals surface area contributed by atoms with Gasteiger partial charge < -0.3 is 10.1 Å². The molecule has 1 atom stereocenters. The van der Waals surface area contributed by atoms with Crippen LogP contribution in [-0.2, 0) is 11.3 Å². The minimum atomic E-state index is -0.889. The molecule has 0 radical (unpaired) electrons. The molecule has 6 nitrogen and oxygen atoms in total. The topological polar surface area (TPSA) is 80.0 Å². The van der Waals surface area contributed by atoms with E-state index in [1.807, 2.05) is 50.4 Å². The number of aryl methyl sites for hydroxylation is 1. The third-order valence-corrected chi connectivity index (χ3v) is 5.49. The van der Waals surface area contributed by atoms with Crippen LogP contribution in [0.3, 0.4) is 0 Å². The number of aromatic nitrogens is 3. The molecule has 0 saturated heterocycles. The molecular formula is C23H25N3O3. The highest BCUT2D eigenvalue weighted by molar-refractivity contribution is 5.84. The van der Waals surface area contributed by atoms with Crippen LogP contribution in [0, 0.1) is 6.92 Å². The van der Waals surface area contributed by atoms with Gasteiger partial charge in [0, 0.05) is 23.1 Å². The maximum Gasteiger partial charge on any atom is 0.329 e. The number of fused-ring (bicyclic) bond motifs is 2. The molecule has 29 heavy (non-hydrogen) atoms. The number of benzene rings is 2. The van der Waals surface area contributed by atoms with Gasteiger partial charge in [-0.2, -0.15) is 0 Å². The van der Waals surface area contributed by atoms with Crippen molar-refractivity contribution in [3.8, 4) is 0 Å². The highest BCUT2D eigenvalue weighted by Gasteiger charge is 2.22. The lowest BCUT2D eigenvalue weighted by Gasteiger charge is -2.16. The van der Waals surface area contributed by atoms with Gasteiger partial charge in [0.2, 0.25) is 0 Å². The second-order valence-corrected chi connectivity index (χ2v) is 7.63. The van der Waals surface area contributed by atoms with E-state index in [2.05, 4.69) is 17.1 Å². The van der Waals surface area contributed by atoms with Gasteiger partial charge in [0.05, 0.1) is 24.0 Å². The van der Waals surface area contributed by atoms with E-state index in [1.54, 1.807) is 9.13 Å². The predicted molar refractivity (Wildman–Crippen MR) is 115 cm³/mol. The average molecular weight is 391 g/mol. The number of aliphatic carboxylic acids is 1. The number of imidazole rings is 1. The number of hydrogen-bond donors (Lipinski definition) is 2. The molecule has 2 heterocycles. The van der Waals surface area contributed by atoms with Crippen molar-refractivity contribution in [3.63, 3.8) is 0 Å². The van der Waals surface area contributed by atoms with E-state index in [-0.39, 0.29) is 18.2 Å². The van der Waals surface area contributed by atoms with Crippen LogP contribution in [0.15, 0.2) is 53.5 Å². The van der Waals surface area contributed by atoms with Gasteiger partial charge in [-0.25, -0.2) is 4.79 Å². The summed E-state index contributed by atoms with van der Waals surface area (Å²) in [6.45, 7) is 4.49. The molecule has 0 amide bonds. The number of carboxylic acid groups (broad SMARTS) is 1. The number of H-pyrrole nitrogens is 1. The van der Waals surface area contributed by atoms with E-state index in [4.69, 9.17) is 0 Å². The van der Waals surface area contributed by atoms with E-state index in [1.165, 1.54) is 0 Å². The lowest BCUT2D eigenvalue weighted by molar-refractivity contribution is -0.137. The predicted octanol–water partition coefficient (Wildman–Crippen LogP) is 4.46.